The molecular weight excluding hydrogens is 290 g/mol. The molecule has 1 fully saturated rings. The van der Waals surface area contributed by atoms with Gasteiger partial charge in [0.25, 0.3) is 0 Å². The molecule has 0 aromatic heterocycles. The van der Waals surface area contributed by atoms with Gasteiger partial charge < -0.3 is 5.11 Å². The predicted molar refractivity (Wildman–Crippen MR) is 81.6 cm³/mol. The maximum Gasteiger partial charge on any atom is 0.313 e. The molecule has 0 radical (unpaired) electrons. The van der Waals surface area contributed by atoms with Crippen LogP contribution in [0, 0.1) is 20.8 Å². The van der Waals surface area contributed by atoms with E-state index in [-0.39, 0.29) is 24.0 Å². The monoisotopic (exact) mass is 307 g/mol. The van der Waals surface area contributed by atoms with E-state index in [1.165, 1.54) is 4.90 Å². The zero-order valence-corrected chi connectivity index (χ0v) is 13.0. The van der Waals surface area contributed by atoms with E-state index in [4.69, 9.17) is 5.11 Å². The fraction of sp³-hybridized carbons (Fsp3) is 0.400. The van der Waals surface area contributed by atoms with Crippen LogP contribution < -0.4 is 4.90 Å². The van der Waals surface area contributed by atoms with Crippen molar-refractivity contribution in [1.29, 1.82) is 0 Å². The summed E-state index contributed by atoms with van der Waals surface area (Å²) in [5.74, 6) is -1.75. The zero-order valence-electron chi connectivity index (χ0n) is 12.2. The number of aliphatic carboxylic acids is 1. The molecule has 0 spiro atoms. The molecule has 1 atom stereocenters. The van der Waals surface area contributed by atoms with Crippen molar-refractivity contribution in [2.24, 2.45) is 0 Å². The fourth-order valence-corrected chi connectivity index (χ4v) is 3.52. The van der Waals surface area contributed by atoms with E-state index in [9.17, 15) is 14.4 Å². The molecule has 2 rings (SSSR count). The summed E-state index contributed by atoms with van der Waals surface area (Å²) in [4.78, 5) is 36.4. The van der Waals surface area contributed by atoms with Gasteiger partial charge in [0.1, 0.15) is 0 Å². The van der Waals surface area contributed by atoms with Crippen molar-refractivity contribution in [3.05, 3.63) is 28.8 Å². The Morgan fingerprint density at radius 3 is 2.38 bits per heavy atom. The molecule has 0 bridgehead atoms. The van der Waals surface area contributed by atoms with Crippen molar-refractivity contribution in [1.82, 2.24) is 0 Å². The summed E-state index contributed by atoms with van der Waals surface area (Å²) in [7, 11) is 0. The number of carboxylic acids is 1. The molecule has 1 N–H and O–H groups in total. The van der Waals surface area contributed by atoms with Crippen LogP contribution in [0.25, 0.3) is 0 Å². The Bertz CT molecular complexity index is 603. The molecule has 1 aromatic carbocycles. The van der Waals surface area contributed by atoms with Crippen LogP contribution in [0.1, 0.15) is 23.1 Å². The maximum absolute atomic E-state index is 12.4. The number of imide groups is 1. The standard InChI is InChI=1S/C15H17NO4S/c1-8-4-9(2)14(10(3)5-8)16-12(17)6-11(15(16)20)21-7-13(18)19/h4-5,11H,6-7H2,1-3H3,(H,18,19)/t11-/m1/s1. The second-order valence-corrected chi connectivity index (χ2v) is 6.40. The Morgan fingerprint density at radius 2 is 1.86 bits per heavy atom. The van der Waals surface area contributed by atoms with Crippen LogP contribution in [0.4, 0.5) is 5.69 Å². The Balaban J connectivity index is 2.31. The number of hydrogen-bond donors (Lipinski definition) is 1. The molecule has 21 heavy (non-hydrogen) atoms. The first-order valence-electron chi connectivity index (χ1n) is 6.59. The van der Waals surface area contributed by atoms with E-state index in [0.29, 0.717) is 5.69 Å². The molecule has 1 aliphatic rings. The number of carboxylic acid groups (broad SMARTS) is 1. The van der Waals surface area contributed by atoms with Gasteiger partial charge in [-0.05, 0) is 31.9 Å². The van der Waals surface area contributed by atoms with Crippen molar-refractivity contribution in [2.75, 3.05) is 10.7 Å². The lowest BCUT2D eigenvalue weighted by molar-refractivity contribution is -0.134. The summed E-state index contributed by atoms with van der Waals surface area (Å²) in [6, 6.07) is 3.86. The van der Waals surface area contributed by atoms with Crippen molar-refractivity contribution < 1.29 is 19.5 Å². The third-order valence-corrected chi connectivity index (χ3v) is 4.56. The SMILES string of the molecule is Cc1cc(C)c(N2C(=O)C[C@@H](SCC(=O)O)C2=O)c(C)c1. The van der Waals surface area contributed by atoms with E-state index in [1.54, 1.807) is 0 Å². The first kappa shape index (κ1) is 15.6. The van der Waals surface area contributed by atoms with Crippen molar-refractivity contribution in [3.63, 3.8) is 0 Å². The lowest BCUT2D eigenvalue weighted by Gasteiger charge is -2.20. The predicted octanol–water partition coefficient (Wildman–Crippen LogP) is 2.06. The van der Waals surface area contributed by atoms with Gasteiger partial charge in [-0.15, -0.1) is 11.8 Å². The van der Waals surface area contributed by atoms with Crippen LogP contribution in [0.2, 0.25) is 0 Å². The smallest absolute Gasteiger partial charge is 0.313 e. The number of rotatable bonds is 4. The Kier molecular flexibility index (Phi) is 4.37. The van der Waals surface area contributed by atoms with Crippen molar-refractivity contribution in [3.8, 4) is 0 Å². The third kappa shape index (κ3) is 3.10. The number of anilines is 1. The largest absolute Gasteiger partial charge is 0.481 e. The summed E-state index contributed by atoms with van der Waals surface area (Å²) in [6.45, 7) is 5.70. The number of nitrogens with zero attached hydrogens (tertiary/aromatic N) is 1. The molecule has 112 valence electrons. The number of benzene rings is 1. The first-order valence-corrected chi connectivity index (χ1v) is 7.64. The van der Waals surface area contributed by atoms with E-state index in [2.05, 4.69) is 0 Å². The highest BCUT2D eigenvalue weighted by Crippen LogP contribution is 2.34. The summed E-state index contributed by atoms with van der Waals surface area (Å²) in [5, 5.41) is 8.09. The van der Waals surface area contributed by atoms with Crippen LogP contribution in [0.3, 0.4) is 0 Å². The minimum absolute atomic E-state index is 0.0591. The second kappa shape index (κ2) is 5.89. The molecule has 2 amide bonds. The first-order chi connectivity index (χ1) is 9.81. The number of carbonyl (C=O) groups is 3. The molecular formula is C15H17NO4S. The molecule has 0 saturated carbocycles. The van der Waals surface area contributed by atoms with E-state index in [0.717, 1.165) is 28.5 Å². The fourth-order valence-electron chi connectivity index (χ4n) is 2.67. The average Bonchev–Trinajstić information content (AvgIpc) is 2.63. The van der Waals surface area contributed by atoms with Crippen molar-refractivity contribution >= 4 is 35.2 Å². The number of hydrogen-bond acceptors (Lipinski definition) is 4. The van der Waals surface area contributed by atoms with Crippen molar-refractivity contribution in [2.45, 2.75) is 32.4 Å². The van der Waals surface area contributed by atoms with Crippen LogP contribution in [0.15, 0.2) is 12.1 Å². The van der Waals surface area contributed by atoms with Gasteiger partial charge in [0.15, 0.2) is 0 Å². The average molecular weight is 307 g/mol. The Morgan fingerprint density at radius 1 is 1.29 bits per heavy atom. The van der Waals surface area contributed by atoms with Crippen LogP contribution in [-0.2, 0) is 14.4 Å². The van der Waals surface area contributed by atoms with Crippen LogP contribution in [0.5, 0.6) is 0 Å². The maximum atomic E-state index is 12.4. The lowest BCUT2D eigenvalue weighted by Crippen LogP contribution is -2.32. The zero-order chi connectivity index (χ0) is 15.7. The molecule has 6 heteroatoms. The van der Waals surface area contributed by atoms with Crippen LogP contribution >= 0.6 is 11.8 Å². The molecule has 1 aromatic rings. The van der Waals surface area contributed by atoms with E-state index >= 15 is 0 Å². The van der Waals surface area contributed by atoms with Gasteiger partial charge >= 0.3 is 5.97 Å². The highest BCUT2D eigenvalue weighted by atomic mass is 32.2. The second-order valence-electron chi connectivity index (χ2n) is 5.21. The number of amides is 2. The highest BCUT2D eigenvalue weighted by Gasteiger charge is 2.41. The van der Waals surface area contributed by atoms with E-state index < -0.39 is 11.2 Å². The van der Waals surface area contributed by atoms with Gasteiger partial charge in [-0.1, -0.05) is 17.7 Å². The third-order valence-electron chi connectivity index (χ3n) is 3.37. The van der Waals surface area contributed by atoms with Gasteiger partial charge in [0, 0.05) is 6.42 Å². The van der Waals surface area contributed by atoms with Gasteiger partial charge in [0.05, 0.1) is 16.7 Å². The molecule has 1 saturated heterocycles. The summed E-state index contributed by atoms with van der Waals surface area (Å²) >= 11 is 1.01. The van der Waals surface area contributed by atoms with Gasteiger partial charge in [-0.3, -0.25) is 14.4 Å². The molecule has 5 nitrogen and oxygen atoms in total. The quantitative estimate of drug-likeness (QED) is 0.862. The molecule has 1 aliphatic heterocycles. The minimum atomic E-state index is -0.985. The molecule has 0 aliphatic carbocycles. The summed E-state index contributed by atoms with van der Waals surface area (Å²) < 4.78 is 0. The lowest BCUT2D eigenvalue weighted by atomic mass is 10.0. The normalized spacial score (nSPS) is 18.4. The molecule has 0 unspecified atom stereocenters. The Labute approximate surface area is 127 Å². The Hall–Kier alpha value is -1.82. The summed E-state index contributed by atoms with van der Waals surface area (Å²) in [5.41, 5.74) is 3.45. The number of carbonyl (C=O) groups excluding carboxylic acids is 2. The summed E-state index contributed by atoms with van der Waals surface area (Å²) in [6.07, 6.45) is 0.0591. The van der Waals surface area contributed by atoms with E-state index in [1.807, 2.05) is 32.9 Å². The van der Waals surface area contributed by atoms with Crippen LogP contribution in [-0.4, -0.2) is 33.9 Å². The van der Waals surface area contributed by atoms with Gasteiger partial charge in [-0.2, -0.15) is 0 Å². The number of thioether (sulfide) groups is 1. The topological polar surface area (TPSA) is 74.7 Å². The van der Waals surface area contributed by atoms with Gasteiger partial charge in [0.2, 0.25) is 11.8 Å². The van der Waals surface area contributed by atoms with Gasteiger partial charge in [-0.25, -0.2) is 4.90 Å². The number of aryl methyl sites for hydroxylation is 3. The highest BCUT2D eigenvalue weighted by molar-refractivity contribution is 8.01. The minimum Gasteiger partial charge on any atom is -0.481 e. The molecule has 1 heterocycles.